The molecule has 1 atom stereocenters. The van der Waals surface area contributed by atoms with Crippen LogP contribution in [0.15, 0.2) is 48.5 Å². The number of aliphatic carboxylic acids is 1. The van der Waals surface area contributed by atoms with Crippen LogP contribution in [-0.2, 0) is 11.4 Å². The van der Waals surface area contributed by atoms with Crippen LogP contribution < -0.4 is 9.64 Å². The topological polar surface area (TPSA) is 70.1 Å². The number of anilines is 1. The predicted octanol–water partition coefficient (Wildman–Crippen LogP) is 4.71. The molecule has 30 heavy (non-hydrogen) atoms. The van der Waals surface area contributed by atoms with E-state index in [1.807, 2.05) is 76.2 Å². The number of carboxylic acid groups (broad SMARTS) is 1. The van der Waals surface area contributed by atoms with Gasteiger partial charge in [-0.05, 0) is 48.1 Å². The number of ether oxygens (including phenoxy) is 1. The smallest absolute Gasteiger partial charge is 0.327 e. The Bertz CT molecular complexity index is 905. The van der Waals surface area contributed by atoms with E-state index < -0.39 is 17.4 Å². The van der Waals surface area contributed by atoms with Gasteiger partial charge in [0.1, 0.15) is 18.4 Å². The second-order valence-corrected chi connectivity index (χ2v) is 8.81. The zero-order valence-corrected chi connectivity index (χ0v) is 18.1. The Hall–Kier alpha value is -3.02. The predicted molar refractivity (Wildman–Crippen MR) is 117 cm³/mol. The van der Waals surface area contributed by atoms with Gasteiger partial charge < -0.3 is 14.7 Å². The molecule has 2 amide bonds. The number of carbonyl (C=O) groups excluding carboxylic acids is 1. The van der Waals surface area contributed by atoms with E-state index >= 15 is 0 Å². The van der Waals surface area contributed by atoms with E-state index in [4.69, 9.17) is 4.74 Å². The quantitative estimate of drug-likeness (QED) is 0.749. The van der Waals surface area contributed by atoms with Crippen LogP contribution in [0.25, 0.3) is 0 Å². The second kappa shape index (κ2) is 8.78. The van der Waals surface area contributed by atoms with Gasteiger partial charge in [0.15, 0.2) is 0 Å². The molecular formula is C24H30N2O4. The maximum absolute atomic E-state index is 13.2. The normalized spacial score (nSPS) is 15.8. The van der Waals surface area contributed by atoms with Gasteiger partial charge in [-0.15, -0.1) is 0 Å². The van der Waals surface area contributed by atoms with Crippen LogP contribution in [0.4, 0.5) is 10.5 Å². The van der Waals surface area contributed by atoms with E-state index in [2.05, 4.69) is 0 Å². The van der Waals surface area contributed by atoms with E-state index in [0.29, 0.717) is 19.7 Å². The summed E-state index contributed by atoms with van der Waals surface area (Å²) in [4.78, 5) is 28.2. The summed E-state index contributed by atoms with van der Waals surface area (Å²) in [6.07, 6.45) is 0.719. The number of amides is 2. The monoisotopic (exact) mass is 410 g/mol. The van der Waals surface area contributed by atoms with Crippen LogP contribution in [0, 0.1) is 12.3 Å². The molecule has 1 unspecified atom stereocenters. The molecule has 0 spiro atoms. The van der Waals surface area contributed by atoms with Crippen molar-refractivity contribution in [2.45, 2.75) is 46.8 Å². The van der Waals surface area contributed by atoms with Crippen molar-refractivity contribution in [3.05, 3.63) is 59.7 Å². The molecule has 2 aromatic carbocycles. The zero-order valence-electron chi connectivity index (χ0n) is 18.1. The number of carboxylic acids is 1. The highest BCUT2D eigenvalue weighted by molar-refractivity contribution is 5.95. The number of benzene rings is 2. The van der Waals surface area contributed by atoms with Gasteiger partial charge >= 0.3 is 12.0 Å². The number of hydrogen-bond donors (Lipinski definition) is 1. The van der Waals surface area contributed by atoms with Crippen molar-refractivity contribution in [1.29, 1.82) is 0 Å². The van der Waals surface area contributed by atoms with Crippen LogP contribution in [0.1, 0.15) is 38.3 Å². The number of carbonyl (C=O) groups is 2. The van der Waals surface area contributed by atoms with Crippen LogP contribution >= 0.6 is 0 Å². The number of hydrogen-bond acceptors (Lipinski definition) is 3. The molecular weight excluding hydrogens is 380 g/mol. The highest BCUT2D eigenvalue weighted by atomic mass is 16.5. The molecule has 1 fully saturated rings. The Morgan fingerprint density at radius 3 is 2.43 bits per heavy atom. The first-order valence-corrected chi connectivity index (χ1v) is 10.3. The summed E-state index contributed by atoms with van der Waals surface area (Å²) in [5, 5.41) is 9.74. The second-order valence-electron chi connectivity index (χ2n) is 8.81. The number of aryl methyl sites for hydroxylation is 1. The molecule has 0 bridgehead atoms. The zero-order chi connectivity index (χ0) is 21.9. The third-order valence-corrected chi connectivity index (χ3v) is 5.33. The molecule has 0 saturated carbocycles. The molecule has 1 heterocycles. The minimum Gasteiger partial charge on any atom is -0.489 e. The molecule has 2 aromatic rings. The maximum Gasteiger partial charge on any atom is 0.327 e. The first-order valence-electron chi connectivity index (χ1n) is 10.3. The van der Waals surface area contributed by atoms with Crippen molar-refractivity contribution in [2.24, 2.45) is 5.41 Å². The number of nitrogens with zero attached hydrogens (tertiary/aromatic N) is 2. The minimum absolute atomic E-state index is 0.263. The van der Waals surface area contributed by atoms with Gasteiger partial charge in [-0.1, -0.05) is 51.1 Å². The molecule has 1 aliphatic rings. The Kier molecular flexibility index (Phi) is 6.34. The average Bonchev–Trinajstić information content (AvgIpc) is 2.68. The molecule has 6 nitrogen and oxygen atoms in total. The highest BCUT2D eigenvalue weighted by Gasteiger charge is 2.42. The first kappa shape index (κ1) is 21.7. The Morgan fingerprint density at radius 2 is 1.83 bits per heavy atom. The molecule has 0 aliphatic carbocycles. The Labute approximate surface area is 178 Å². The van der Waals surface area contributed by atoms with Gasteiger partial charge in [0.25, 0.3) is 0 Å². The maximum atomic E-state index is 13.2. The van der Waals surface area contributed by atoms with Gasteiger partial charge in [-0.3, -0.25) is 4.90 Å². The molecule has 1 N–H and O–H groups in total. The van der Waals surface area contributed by atoms with Gasteiger partial charge in [-0.25, -0.2) is 9.59 Å². The van der Waals surface area contributed by atoms with Gasteiger partial charge in [0.05, 0.1) is 0 Å². The van der Waals surface area contributed by atoms with Gasteiger partial charge in [0.2, 0.25) is 0 Å². The minimum atomic E-state index is -0.974. The van der Waals surface area contributed by atoms with Crippen LogP contribution in [-0.4, -0.2) is 41.1 Å². The summed E-state index contributed by atoms with van der Waals surface area (Å²) in [7, 11) is 0. The van der Waals surface area contributed by atoms with Gasteiger partial charge in [0, 0.05) is 18.8 Å². The van der Waals surface area contributed by atoms with Crippen molar-refractivity contribution >= 4 is 17.7 Å². The fraction of sp³-hybridized carbons (Fsp3) is 0.417. The summed E-state index contributed by atoms with van der Waals surface area (Å²) in [6.45, 7) is 8.98. The van der Waals surface area contributed by atoms with E-state index in [0.717, 1.165) is 29.0 Å². The van der Waals surface area contributed by atoms with Gasteiger partial charge in [-0.2, -0.15) is 0 Å². The van der Waals surface area contributed by atoms with E-state index in [1.165, 1.54) is 4.90 Å². The summed E-state index contributed by atoms with van der Waals surface area (Å²) in [6, 6.07) is 14.5. The lowest BCUT2D eigenvalue weighted by molar-refractivity contribution is -0.146. The fourth-order valence-electron chi connectivity index (χ4n) is 3.89. The van der Waals surface area contributed by atoms with Crippen molar-refractivity contribution in [2.75, 3.05) is 18.0 Å². The fourth-order valence-corrected chi connectivity index (χ4v) is 3.89. The molecule has 0 radical (unpaired) electrons. The third kappa shape index (κ3) is 4.75. The van der Waals surface area contributed by atoms with Crippen LogP contribution in [0.2, 0.25) is 0 Å². The molecule has 3 rings (SSSR count). The molecule has 6 heteroatoms. The average molecular weight is 411 g/mol. The van der Waals surface area contributed by atoms with Crippen LogP contribution in [0.3, 0.4) is 0 Å². The van der Waals surface area contributed by atoms with Crippen molar-refractivity contribution in [1.82, 2.24) is 4.90 Å². The van der Waals surface area contributed by atoms with Crippen molar-refractivity contribution in [3.63, 3.8) is 0 Å². The summed E-state index contributed by atoms with van der Waals surface area (Å²) in [5.74, 6) is -0.208. The highest BCUT2D eigenvalue weighted by Crippen LogP contribution is 2.31. The summed E-state index contributed by atoms with van der Waals surface area (Å²) in [5.41, 5.74) is 2.21. The number of urea groups is 1. The molecule has 1 aliphatic heterocycles. The summed E-state index contributed by atoms with van der Waals surface area (Å²) >= 11 is 0. The van der Waals surface area contributed by atoms with E-state index in [-0.39, 0.29) is 6.03 Å². The molecule has 1 saturated heterocycles. The molecule has 160 valence electrons. The standard InChI is InChI=1S/C24H30N2O4/c1-17-15-19(11-12-20(17)30-16-18-9-6-5-7-10-18)25-13-8-14-26(23(25)29)21(22(27)28)24(2,3)4/h5-7,9-12,15,21H,8,13-14,16H2,1-4H3,(H,27,28). The molecule has 0 aromatic heterocycles. The van der Waals surface area contributed by atoms with E-state index in [9.17, 15) is 14.7 Å². The SMILES string of the molecule is Cc1cc(N2CCCN(C(C(=O)O)C(C)(C)C)C2=O)ccc1OCc1ccccc1. The first-order chi connectivity index (χ1) is 14.2. The van der Waals surface area contributed by atoms with E-state index in [1.54, 1.807) is 4.90 Å². The van der Waals surface area contributed by atoms with Crippen molar-refractivity contribution < 1.29 is 19.4 Å². The third-order valence-electron chi connectivity index (χ3n) is 5.33. The summed E-state index contributed by atoms with van der Waals surface area (Å²) < 4.78 is 5.94. The Morgan fingerprint density at radius 1 is 1.13 bits per heavy atom. The number of rotatable bonds is 6. The van der Waals surface area contributed by atoms with Crippen molar-refractivity contribution in [3.8, 4) is 5.75 Å². The van der Waals surface area contributed by atoms with Crippen LogP contribution in [0.5, 0.6) is 5.75 Å². The lowest BCUT2D eigenvalue weighted by Crippen LogP contribution is -2.59. The lowest BCUT2D eigenvalue weighted by Gasteiger charge is -2.43. The largest absolute Gasteiger partial charge is 0.489 e. The lowest BCUT2D eigenvalue weighted by atomic mass is 9.85. The Balaban J connectivity index is 1.77.